The number of carbonyl (C=O) groups is 4. The molecule has 0 spiro atoms. The van der Waals surface area contributed by atoms with Crippen LogP contribution in [0.1, 0.15) is 77.9 Å². The van der Waals surface area contributed by atoms with E-state index >= 15 is 0 Å². The lowest BCUT2D eigenvalue weighted by molar-refractivity contribution is -0.142. The molecule has 0 saturated carbocycles. The lowest BCUT2D eigenvalue weighted by Crippen LogP contribution is -2.57. The zero-order valence-corrected chi connectivity index (χ0v) is 34.4. The van der Waals surface area contributed by atoms with Crippen molar-refractivity contribution >= 4 is 35.2 Å². The van der Waals surface area contributed by atoms with Crippen LogP contribution in [0.15, 0.2) is 41.9 Å². The van der Waals surface area contributed by atoms with E-state index in [1.54, 1.807) is 38.9 Å². The van der Waals surface area contributed by atoms with Crippen LogP contribution in [0.2, 0.25) is 0 Å². The van der Waals surface area contributed by atoms with Crippen molar-refractivity contribution < 1.29 is 42.9 Å². The number of amides is 4. The van der Waals surface area contributed by atoms with Crippen molar-refractivity contribution in [2.24, 2.45) is 11.8 Å². The maximum atomic E-state index is 13.9. The zero-order chi connectivity index (χ0) is 40.2. The summed E-state index contributed by atoms with van der Waals surface area (Å²) >= 11 is 1.46. The molecule has 3 N–H and O–H groups in total. The van der Waals surface area contributed by atoms with E-state index < -0.39 is 54.3 Å². The van der Waals surface area contributed by atoms with Gasteiger partial charge in [0.25, 0.3) is 5.91 Å². The monoisotopic (exact) mass is 775 g/mol. The lowest BCUT2D eigenvalue weighted by atomic mass is 9.90. The Morgan fingerprint density at radius 2 is 1.67 bits per heavy atom. The van der Waals surface area contributed by atoms with Crippen LogP contribution in [0.25, 0.3) is 0 Å². The van der Waals surface area contributed by atoms with Crippen LogP contribution < -0.4 is 16.0 Å². The molecule has 54 heavy (non-hydrogen) atoms. The fraction of sp³-hybridized carbons (Fsp3) is 0.667. The Bertz CT molecular complexity index is 1470. The molecule has 3 rings (SSSR count). The number of methoxy groups -OCH3 is 3. The van der Waals surface area contributed by atoms with Crippen molar-refractivity contribution in [3.8, 4) is 0 Å². The fourth-order valence-electron chi connectivity index (χ4n) is 6.72. The summed E-state index contributed by atoms with van der Waals surface area (Å²) in [6.07, 6.45) is -1.58. The number of alkyl carbamates (subject to hydrolysis) is 1. The number of carbonyl (C=O) groups excluding carboxylic acids is 4. The molecule has 1 aromatic heterocycles. The van der Waals surface area contributed by atoms with Gasteiger partial charge in [0.05, 0.1) is 24.6 Å². The first-order valence-electron chi connectivity index (χ1n) is 18.5. The van der Waals surface area contributed by atoms with E-state index in [4.69, 9.17) is 23.7 Å². The van der Waals surface area contributed by atoms with Gasteiger partial charge in [-0.25, -0.2) is 9.78 Å². The van der Waals surface area contributed by atoms with Gasteiger partial charge in [-0.1, -0.05) is 64.4 Å². The number of likely N-dealkylation sites (N-methyl/N-ethyl adjacent to an activating group) is 1. The quantitative estimate of drug-likeness (QED) is 0.188. The number of benzene rings is 1. The molecule has 1 aliphatic heterocycles. The number of ether oxygens (including phenoxy) is 5. The standard InChI is InChI=1S/C39H61N5O9S/c1-12-24(4)31(44(8)37(47)30(23(2)3)43-38(48)53-39(5,6)7)27(49-9)21-29(45)41-22-28-32(50-10)33(51-11)34(52-28)35(46)42-26(36-40-18-19-54-36)20-25-16-14-13-15-17-25/h13-19,23-24,26-28,30-34H,12,20-22H2,1-11H3,(H,41,45)(H,42,46)(H,43,48)/t24-,26-,27-,28+,30-,31?,32+,33-,34-/m0/s1. The van der Waals surface area contributed by atoms with Gasteiger partial charge < -0.3 is 44.5 Å². The number of hydrogen-bond acceptors (Lipinski definition) is 11. The van der Waals surface area contributed by atoms with Gasteiger partial charge >= 0.3 is 6.09 Å². The first-order chi connectivity index (χ1) is 25.5. The Balaban J connectivity index is 1.70. The molecule has 0 radical (unpaired) electrons. The minimum absolute atomic E-state index is 0.0370. The molecular weight excluding hydrogens is 715 g/mol. The van der Waals surface area contributed by atoms with E-state index in [1.807, 2.05) is 63.4 Å². The summed E-state index contributed by atoms with van der Waals surface area (Å²) in [6.45, 7) is 13.0. The summed E-state index contributed by atoms with van der Waals surface area (Å²) in [6, 6.07) is 8.09. The highest BCUT2D eigenvalue weighted by molar-refractivity contribution is 7.09. The Morgan fingerprint density at radius 1 is 1.00 bits per heavy atom. The Hall–Kier alpha value is -3.63. The molecule has 9 atom stereocenters. The summed E-state index contributed by atoms with van der Waals surface area (Å²) in [4.78, 5) is 59.9. The molecule has 14 nitrogen and oxygen atoms in total. The van der Waals surface area contributed by atoms with E-state index in [1.165, 1.54) is 32.7 Å². The highest BCUT2D eigenvalue weighted by Crippen LogP contribution is 2.29. The number of rotatable bonds is 19. The third-order valence-electron chi connectivity index (χ3n) is 9.66. The van der Waals surface area contributed by atoms with Crippen molar-refractivity contribution in [3.63, 3.8) is 0 Å². The zero-order valence-electron chi connectivity index (χ0n) is 33.6. The van der Waals surface area contributed by atoms with E-state index in [9.17, 15) is 19.2 Å². The van der Waals surface area contributed by atoms with Gasteiger partial charge in [-0.3, -0.25) is 14.4 Å². The predicted octanol–water partition coefficient (Wildman–Crippen LogP) is 4.28. The molecule has 4 amide bonds. The Kier molecular flexibility index (Phi) is 17.3. The number of nitrogens with zero attached hydrogens (tertiary/aromatic N) is 2. The highest BCUT2D eigenvalue weighted by atomic mass is 32.1. The second kappa shape index (κ2) is 20.9. The fourth-order valence-corrected chi connectivity index (χ4v) is 7.41. The van der Waals surface area contributed by atoms with Gasteiger partial charge in [-0.2, -0.15) is 0 Å². The molecule has 0 bridgehead atoms. The minimum Gasteiger partial charge on any atom is -0.444 e. The Morgan fingerprint density at radius 3 is 2.20 bits per heavy atom. The lowest BCUT2D eigenvalue weighted by Gasteiger charge is -2.39. The van der Waals surface area contributed by atoms with Gasteiger partial charge in [0.1, 0.15) is 35.0 Å². The molecule has 2 aromatic rings. The second-order valence-corrected chi connectivity index (χ2v) is 16.0. The average Bonchev–Trinajstić information content (AvgIpc) is 3.80. The highest BCUT2D eigenvalue weighted by Gasteiger charge is 2.49. The van der Waals surface area contributed by atoms with Gasteiger partial charge in [0, 0.05) is 46.5 Å². The van der Waals surface area contributed by atoms with Crippen molar-refractivity contribution in [2.45, 2.75) is 122 Å². The van der Waals surface area contributed by atoms with Gasteiger partial charge in [0.15, 0.2) is 6.10 Å². The van der Waals surface area contributed by atoms with Gasteiger partial charge in [-0.05, 0) is 44.6 Å². The van der Waals surface area contributed by atoms with Crippen LogP contribution >= 0.6 is 11.3 Å². The van der Waals surface area contributed by atoms with E-state index in [2.05, 4.69) is 20.9 Å². The van der Waals surface area contributed by atoms with Crippen LogP contribution in [0.3, 0.4) is 0 Å². The second-order valence-electron chi connectivity index (χ2n) is 15.1. The summed E-state index contributed by atoms with van der Waals surface area (Å²) in [5.41, 5.74) is 0.313. The molecule has 1 saturated heterocycles. The van der Waals surface area contributed by atoms with E-state index in [0.717, 1.165) is 10.6 Å². The normalized spacial score (nSPS) is 21.4. The number of thiazole rings is 1. The van der Waals surface area contributed by atoms with Crippen LogP contribution in [0.5, 0.6) is 0 Å². The number of nitrogens with one attached hydrogen (secondary N) is 3. The molecule has 1 fully saturated rings. The number of aromatic nitrogens is 1. The molecule has 1 unspecified atom stereocenters. The summed E-state index contributed by atoms with van der Waals surface area (Å²) in [7, 11) is 6.18. The van der Waals surface area contributed by atoms with E-state index in [-0.39, 0.29) is 48.6 Å². The maximum absolute atomic E-state index is 13.9. The summed E-state index contributed by atoms with van der Waals surface area (Å²) in [5.74, 6) is -1.33. The smallest absolute Gasteiger partial charge is 0.408 e. The van der Waals surface area contributed by atoms with Crippen LogP contribution in [-0.4, -0.2) is 117 Å². The summed E-state index contributed by atoms with van der Waals surface area (Å²) < 4.78 is 29.0. The SMILES string of the molecule is CC[C@H](C)C([C@H](CC(=O)NC[C@H]1O[C@H](C(=O)N[C@@H](Cc2ccccc2)c2nccs2)[C@@H](OC)[C@@H]1OC)OC)N(C)C(=O)[C@@H](NC(=O)OC(C)(C)C)C(C)C. The largest absolute Gasteiger partial charge is 0.444 e. The maximum Gasteiger partial charge on any atom is 0.408 e. The van der Waals surface area contributed by atoms with Crippen LogP contribution in [0.4, 0.5) is 4.79 Å². The third kappa shape index (κ3) is 12.4. The van der Waals surface area contributed by atoms with Crippen molar-refractivity contribution in [1.29, 1.82) is 0 Å². The third-order valence-corrected chi connectivity index (χ3v) is 10.5. The van der Waals surface area contributed by atoms with Gasteiger partial charge in [-0.15, -0.1) is 11.3 Å². The van der Waals surface area contributed by atoms with Crippen molar-refractivity contribution in [2.75, 3.05) is 34.9 Å². The van der Waals surface area contributed by atoms with Crippen molar-refractivity contribution in [1.82, 2.24) is 25.8 Å². The Labute approximate surface area is 324 Å². The topological polar surface area (TPSA) is 167 Å². The molecule has 1 aromatic carbocycles. The molecule has 0 aliphatic carbocycles. The first-order valence-corrected chi connectivity index (χ1v) is 19.4. The first kappa shape index (κ1) is 44.8. The molecule has 2 heterocycles. The summed E-state index contributed by atoms with van der Waals surface area (Å²) in [5, 5.41) is 11.4. The molecule has 1 aliphatic rings. The van der Waals surface area contributed by atoms with Gasteiger partial charge in [0.2, 0.25) is 11.8 Å². The molecular formula is C39H61N5O9S. The number of hydrogen-bond donors (Lipinski definition) is 3. The minimum atomic E-state index is -1.01. The predicted molar refractivity (Wildman–Crippen MR) is 206 cm³/mol. The van der Waals surface area contributed by atoms with Crippen LogP contribution in [-0.2, 0) is 44.5 Å². The van der Waals surface area contributed by atoms with Crippen molar-refractivity contribution in [3.05, 3.63) is 52.5 Å². The average molecular weight is 776 g/mol. The van der Waals surface area contributed by atoms with Crippen LogP contribution in [0, 0.1) is 11.8 Å². The molecule has 302 valence electrons. The molecule has 15 heteroatoms. The van der Waals surface area contributed by atoms with E-state index in [0.29, 0.717) is 12.8 Å².